The Bertz CT molecular complexity index is 1160. The first-order valence-corrected chi connectivity index (χ1v) is 12.2. The molecule has 1 aromatic carbocycles. The Morgan fingerprint density at radius 3 is 2.66 bits per heavy atom. The van der Waals surface area contributed by atoms with Gasteiger partial charge in [-0.25, -0.2) is 22.3 Å². The third-order valence-corrected chi connectivity index (χ3v) is 6.80. The summed E-state index contributed by atoms with van der Waals surface area (Å²) in [5.74, 6) is -1.07. The number of nitrogens with zero attached hydrogens (tertiary/aromatic N) is 1. The second-order valence-electron chi connectivity index (χ2n) is 8.09. The maximum atomic E-state index is 13.9. The van der Waals surface area contributed by atoms with Crippen LogP contribution in [-0.4, -0.2) is 30.3 Å². The number of benzene rings is 1. The van der Waals surface area contributed by atoms with E-state index in [0.29, 0.717) is 37.4 Å². The lowest BCUT2D eigenvalue weighted by molar-refractivity contribution is 0.285. The fourth-order valence-electron chi connectivity index (χ4n) is 3.19. The summed E-state index contributed by atoms with van der Waals surface area (Å²) in [4.78, 5) is 24.5. The van der Waals surface area contributed by atoms with Crippen molar-refractivity contribution in [3.8, 4) is 5.75 Å². The number of aromatic amines is 1. The molecule has 11 heteroatoms. The first-order chi connectivity index (χ1) is 15.1. The second-order valence-corrected chi connectivity index (χ2v) is 9.97. The van der Waals surface area contributed by atoms with Crippen LogP contribution in [0.1, 0.15) is 50.6 Å². The van der Waals surface area contributed by atoms with Gasteiger partial charge in [-0.15, -0.1) is 0 Å². The summed E-state index contributed by atoms with van der Waals surface area (Å²) in [5, 5.41) is 0. The van der Waals surface area contributed by atoms with Gasteiger partial charge in [0.15, 0.2) is 11.6 Å². The number of nitrogens with one attached hydrogen (secondary N) is 2. The van der Waals surface area contributed by atoms with Crippen molar-refractivity contribution < 1.29 is 21.9 Å². The second kappa shape index (κ2) is 10.4. The predicted molar refractivity (Wildman–Crippen MR) is 115 cm³/mol. The van der Waals surface area contributed by atoms with E-state index in [0.717, 1.165) is 23.6 Å². The first-order valence-electron chi connectivity index (χ1n) is 10.6. The van der Waals surface area contributed by atoms with Crippen molar-refractivity contribution in [1.82, 2.24) is 14.3 Å². The molecule has 0 radical (unpaired) electrons. The number of ether oxygens (including phenoxy) is 1. The molecule has 0 amide bonds. The van der Waals surface area contributed by atoms with Crippen molar-refractivity contribution in [3.05, 3.63) is 62.4 Å². The number of H-pyrrole nitrogens is 1. The molecule has 8 nitrogen and oxygen atoms in total. The molecule has 2 aromatic rings. The predicted octanol–water partition coefficient (Wildman–Crippen LogP) is 2.45. The van der Waals surface area contributed by atoms with E-state index in [-0.39, 0.29) is 18.0 Å². The maximum Gasteiger partial charge on any atom is 0.328 e. The standard InChI is InChI=1S/C21H27F2N3O5S/c1-14(16-7-8-17(22)19(11-16)31-13-15-5-6-15)25-32(29,30)10-4-2-3-9-26-12-18(23)20(27)24-21(26)28/h7-8,11-12,14-15,25H,2-6,9-10,13H2,1H3,(H,24,27,28)/t14-/m1/s1. The summed E-state index contributed by atoms with van der Waals surface area (Å²) >= 11 is 0. The minimum absolute atomic E-state index is 0.120. The van der Waals surface area contributed by atoms with Crippen molar-refractivity contribution in [2.45, 2.75) is 51.6 Å². The number of unbranched alkanes of at least 4 members (excludes halogenated alkanes) is 2. The Labute approximate surface area is 184 Å². The molecule has 0 spiro atoms. The molecule has 176 valence electrons. The lowest BCUT2D eigenvalue weighted by atomic mass is 10.1. The number of halogens is 2. The van der Waals surface area contributed by atoms with Gasteiger partial charge in [-0.2, -0.15) is 4.39 Å². The van der Waals surface area contributed by atoms with E-state index in [1.807, 2.05) is 4.98 Å². The molecule has 1 aliphatic rings. The minimum atomic E-state index is -3.59. The average Bonchev–Trinajstić information content (AvgIpc) is 3.54. The van der Waals surface area contributed by atoms with Crippen molar-refractivity contribution in [1.29, 1.82) is 0 Å². The number of rotatable bonds is 12. The van der Waals surface area contributed by atoms with Crippen molar-refractivity contribution in [2.24, 2.45) is 5.92 Å². The van der Waals surface area contributed by atoms with Gasteiger partial charge in [0.2, 0.25) is 15.8 Å². The summed E-state index contributed by atoms with van der Waals surface area (Å²) in [7, 11) is -3.59. The monoisotopic (exact) mass is 471 g/mol. The number of hydrogen-bond donors (Lipinski definition) is 2. The molecule has 0 bridgehead atoms. The zero-order valence-electron chi connectivity index (χ0n) is 17.8. The zero-order chi connectivity index (χ0) is 23.3. The van der Waals surface area contributed by atoms with Crippen LogP contribution in [0, 0.1) is 17.6 Å². The van der Waals surface area contributed by atoms with E-state index >= 15 is 0 Å². The van der Waals surface area contributed by atoms with Crippen LogP contribution < -0.4 is 20.7 Å². The molecule has 0 saturated heterocycles. The number of hydrogen-bond acceptors (Lipinski definition) is 5. The third-order valence-electron chi connectivity index (χ3n) is 5.26. The molecule has 0 unspecified atom stereocenters. The van der Waals surface area contributed by atoms with Crippen LogP contribution >= 0.6 is 0 Å². The van der Waals surface area contributed by atoms with Crippen molar-refractivity contribution in [3.63, 3.8) is 0 Å². The molecule has 1 aromatic heterocycles. The molecule has 0 aliphatic heterocycles. The molecule has 1 fully saturated rings. The third kappa shape index (κ3) is 6.99. The van der Waals surface area contributed by atoms with Crippen LogP contribution in [0.4, 0.5) is 8.78 Å². The molecule has 1 heterocycles. The lowest BCUT2D eigenvalue weighted by Crippen LogP contribution is -2.31. The number of aryl methyl sites for hydroxylation is 1. The smallest absolute Gasteiger partial charge is 0.328 e. The summed E-state index contributed by atoms with van der Waals surface area (Å²) in [6.45, 7) is 2.29. The van der Waals surface area contributed by atoms with Crippen LogP contribution in [0.2, 0.25) is 0 Å². The zero-order valence-corrected chi connectivity index (χ0v) is 18.6. The average molecular weight is 472 g/mol. The Morgan fingerprint density at radius 2 is 1.94 bits per heavy atom. The van der Waals surface area contributed by atoms with Crippen LogP contribution in [0.15, 0.2) is 34.0 Å². The molecule has 2 N–H and O–H groups in total. The van der Waals surface area contributed by atoms with Gasteiger partial charge < -0.3 is 4.74 Å². The Balaban J connectivity index is 1.46. The van der Waals surface area contributed by atoms with Gasteiger partial charge in [0, 0.05) is 12.6 Å². The number of sulfonamides is 1. The molecule has 1 aliphatic carbocycles. The Kier molecular flexibility index (Phi) is 7.83. The van der Waals surface area contributed by atoms with Crippen LogP contribution in [0.5, 0.6) is 5.75 Å². The molecule has 32 heavy (non-hydrogen) atoms. The number of aromatic nitrogens is 2. The maximum absolute atomic E-state index is 13.9. The molecular weight excluding hydrogens is 444 g/mol. The van der Waals surface area contributed by atoms with Gasteiger partial charge in [0.1, 0.15) is 0 Å². The quantitative estimate of drug-likeness (QED) is 0.462. The molecule has 1 saturated carbocycles. The highest BCUT2D eigenvalue weighted by Gasteiger charge is 2.23. The summed E-state index contributed by atoms with van der Waals surface area (Å²) in [5.41, 5.74) is -1.18. The SMILES string of the molecule is C[C@@H](NS(=O)(=O)CCCCCn1cc(F)c(=O)[nH]c1=O)c1ccc(F)c(OCC2CC2)c1. The summed E-state index contributed by atoms with van der Waals surface area (Å²) in [6, 6.07) is 3.75. The van der Waals surface area contributed by atoms with E-state index < -0.39 is 38.9 Å². The fourth-order valence-corrected chi connectivity index (χ4v) is 4.56. The van der Waals surface area contributed by atoms with Crippen molar-refractivity contribution >= 4 is 10.0 Å². The van der Waals surface area contributed by atoms with Crippen LogP contribution in [-0.2, 0) is 16.6 Å². The fraction of sp³-hybridized carbons (Fsp3) is 0.524. The molecular formula is C21H27F2N3O5S. The van der Waals surface area contributed by atoms with E-state index in [2.05, 4.69) is 4.72 Å². The summed E-state index contributed by atoms with van der Waals surface area (Å²) in [6.07, 6.45) is 4.26. The van der Waals surface area contributed by atoms with Gasteiger partial charge in [0.05, 0.1) is 18.6 Å². The van der Waals surface area contributed by atoms with Crippen LogP contribution in [0.25, 0.3) is 0 Å². The normalized spacial score (nSPS) is 15.0. The van der Waals surface area contributed by atoms with E-state index in [9.17, 15) is 26.8 Å². The minimum Gasteiger partial charge on any atom is -0.490 e. The van der Waals surface area contributed by atoms with Gasteiger partial charge in [-0.3, -0.25) is 14.3 Å². The van der Waals surface area contributed by atoms with Gasteiger partial charge in [-0.05, 0) is 56.2 Å². The summed E-state index contributed by atoms with van der Waals surface area (Å²) < 4.78 is 61.1. The van der Waals surface area contributed by atoms with Gasteiger partial charge in [-0.1, -0.05) is 12.5 Å². The van der Waals surface area contributed by atoms with E-state index in [1.54, 1.807) is 6.92 Å². The topological polar surface area (TPSA) is 110 Å². The van der Waals surface area contributed by atoms with Crippen molar-refractivity contribution in [2.75, 3.05) is 12.4 Å². The molecule has 1 atom stereocenters. The van der Waals surface area contributed by atoms with Gasteiger partial charge >= 0.3 is 5.69 Å². The lowest BCUT2D eigenvalue weighted by Gasteiger charge is -2.16. The highest BCUT2D eigenvalue weighted by atomic mass is 32.2. The van der Waals surface area contributed by atoms with E-state index in [4.69, 9.17) is 4.74 Å². The first kappa shape index (κ1) is 24.1. The van der Waals surface area contributed by atoms with E-state index in [1.165, 1.54) is 18.2 Å². The van der Waals surface area contributed by atoms with Gasteiger partial charge in [0.25, 0.3) is 5.56 Å². The highest BCUT2D eigenvalue weighted by molar-refractivity contribution is 7.89. The Hall–Kier alpha value is -2.53. The molecule has 3 rings (SSSR count). The highest BCUT2D eigenvalue weighted by Crippen LogP contribution is 2.31. The Morgan fingerprint density at radius 1 is 1.19 bits per heavy atom. The van der Waals surface area contributed by atoms with Crippen LogP contribution in [0.3, 0.4) is 0 Å². The largest absolute Gasteiger partial charge is 0.490 e.